The van der Waals surface area contributed by atoms with E-state index in [0.717, 1.165) is 19.3 Å². The number of hydrogen-bond donors (Lipinski definition) is 0. The molecule has 4 nitrogen and oxygen atoms in total. The van der Waals surface area contributed by atoms with Gasteiger partial charge in [0.1, 0.15) is 15.6 Å². The van der Waals surface area contributed by atoms with Gasteiger partial charge in [-0.15, -0.1) is 0 Å². The van der Waals surface area contributed by atoms with E-state index in [1.165, 1.54) is 0 Å². The molecule has 20 heavy (non-hydrogen) atoms. The van der Waals surface area contributed by atoms with Crippen molar-refractivity contribution in [2.75, 3.05) is 18.1 Å². The summed E-state index contributed by atoms with van der Waals surface area (Å²) in [6.07, 6.45) is 3.22. The van der Waals surface area contributed by atoms with Gasteiger partial charge in [-0.1, -0.05) is 19.8 Å². The zero-order chi connectivity index (χ0) is 14.8. The Morgan fingerprint density at radius 1 is 1.10 bits per heavy atom. The van der Waals surface area contributed by atoms with E-state index in [2.05, 4.69) is 6.92 Å². The van der Waals surface area contributed by atoms with Crippen molar-refractivity contribution >= 4 is 9.84 Å². The van der Waals surface area contributed by atoms with E-state index in [0.29, 0.717) is 24.3 Å². The normalized spacial score (nSPS) is 11.0. The highest BCUT2D eigenvalue weighted by molar-refractivity contribution is 7.91. The van der Waals surface area contributed by atoms with Crippen LogP contribution in [0.5, 0.6) is 5.75 Å². The third kappa shape index (κ3) is 6.58. The molecule has 0 saturated carbocycles. The molecule has 1 aromatic carbocycles. The summed E-state index contributed by atoms with van der Waals surface area (Å²) in [7, 11) is -2.94. The Labute approximate surface area is 121 Å². The monoisotopic (exact) mass is 295 g/mol. The molecule has 0 aliphatic rings. The Morgan fingerprint density at radius 3 is 2.35 bits per heavy atom. The lowest BCUT2D eigenvalue weighted by Gasteiger charge is -2.07. The van der Waals surface area contributed by atoms with Gasteiger partial charge in [0.15, 0.2) is 0 Å². The Kier molecular flexibility index (Phi) is 7.10. The predicted octanol–water partition coefficient (Wildman–Crippen LogP) is 2.93. The van der Waals surface area contributed by atoms with Crippen molar-refractivity contribution in [3.63, 3.8) is 0 Å². The van der Waals surface area contributed by atoms with Crippen LogP contribution in [0.4, 0.5) is 0 Å². The fraction of sp³-hybridized carbons (Fsp3) is 0.533. The maximum Gasteiger partial charge on any atom is 0.150 e. The molecule has 0 unspecified atom stereocenters. The molecule has 0 aliphatic heterocycles. The van der Waals surface area contributed by atoms with Crippen LogP contribution in [0.2, 0.25) is 0 Å². The predicted molar refractivity (Wildman–Crippen MR) is 79.4 cm³/mol. The second-order valence-corrected chi connectivity index (χ2v) is 7.00. The molecular weight excluding hydrogens is 274 g/mol. The first-order valence-corrected chi connectivity index (χ1v) is 8.73. The lowest BCUT2D eigenvalue weighted by atomic mass is 10.2. The van der Waals surface area contributed by atoms with Gasteiger partial charge in [0, 0.05) is 0 Å². The van der Waals surface area contributed by atoms with Crippen LogP contribution in [-0.2, 0) is 9.84 Å². The Hall–Kier alpha value is -1.54. The highest BCUT2D eigenvalue weighted by Crippen LogP contribution is 2.12. The van der Waals surface area contributed by atoms with Crippen molar-refractivity contribution in [1.82, 2.24) is 0 Å². The molecule has 0 amide bonds. The summed E-state index contributed by atoms with van der Waals surface area (Å²) < 4.78 is 28.9. The van der Waals surface area contributed by atoms with Crippen molar-refractivity contribution in [2.45, 2.75) is 32.6 Å². The first-order chi connectivity index (χ1) is 9.57. The minimum absolute atomic E-state index is 0.174. The van der Waals surface area contributed by atoms with Crippen LogP contribution in [0.25, 0.3) is 0 Å². The van der Waals surface area contributed by atoms with Crippen molar-refractivity contribution in [2.24, 2.45) is 0 Å². The molecule has 0 heterocycles. The summed E-state index contributed by atoms with van der Waals surface area (Å²) in [4.78, 5) is 0. The fourth-order valence-electron chi connectivity index (χ4n) is 1.77. The Balaban J connectivity index is 2.25. The highest BCUT2D eigenvalue weighted by Gasteiger charge is 2.09. The molecule has 0 aliphatic carbocycles. The van der Waals surface area contributed by atoms with Crippen molar-refractivity contribution in [3.8, 4) is 11.8 Å². The van der Waals surface area contributed by atoms with Crippen molar-refractivity contribution in [3.05, 3.63) is 29.8 Å². The largest absolute Gasteiger partial charge is 0.494 e. The van der Waals surface area contributed by atoms with Crippen LogP contribution >= 0.6 is 0 Å². The van der Waals surface area contributed by atoms with Gasteiger partial charge in [-0.25, -0.2) is 8.42 Å². The molecule has 0 bridgehead atoms. The topological polar surface area (TPSA) is 67.2 Å². The second kappa shape index (κ2) is 8.60. The zero-order valence-corrected chi connectivity index (χ0v) is 12.7. The number of hydrogen-bond acceptors (Lipinski definition) is 4. The van der Waals surface area contributed by atoms with Gasteiger partial charge < -0.3 is 4.74 Å². The van der Waals surface area contributed by atoms with Gasteiger partial charge in [0.05, 0.1) is 29.7 Å². The number of rotatable bonds is 9. The average molecular weight is 295 g/mol. The molecule has 0 spiro atoms. The molecule has 5 heteroatoms. The van der Waals surface area contributed by atoms with Crippen molar-refractivity contribution < 1.29 is 13.2 Å². The van der Waals surface area contributed by atoms with Gasteiger partial charge in [-0.05, 0) is 37.1 Å². The number of benzene rings is 1. The van der Waals surface area contributed by atoms with E-state index in [4.69, 9.17) is 10.00 Å². The summed E-state index contributed by atoms with van der Waals surface area (Å²) in [5.41, 5.74) is 0.579. The van der Waals surface area contributed by atoms with Gasteiger partial charge in [0.25, 0.3) is 0 Å². The summed E-state index contributed by atoms with van der Waals surface area (Å²) in [6.45, 7) is 2.43. The molecule has 0 atom stereocenters. The third-order valence-electron chi connectivity index (χ3n) is 2.91. The molecule has 110 valence electrons. The first kappa shape index (κ1) is 16.5. The standard InChI is InChI=1S/C15H21NO3S/c1-2-3-4-11-20(17,18)12-5-10-19-15-8-6-14(13-16)7-9-15/h6-9H,2-5,10-12H2,1H3. The van der Waals surface area contributed by atoms with Crippen LogP contribution in [0.3, 0.4) is 0 Å². The van der Waals surface area contributed by atoms with Gasteiger partial charge in [-0.3, -0.25) is 0 Å². The van der Waals surface area contributed by atoms with E-state index < -0.39 is 9.84 Å². The lowest BCUT2D eigenvalue weighted by Crippen LogP contribution is -2.13. The molecule has 0 N–H and O–H groups in total. The minimum Gasteiger partial charge on any atom is -0.494 e. The highest BCUT2D eigenvalue weighted by atomic mass is 32.2. The van der Waals surface area contributed by atoms with Gasteiger partial charge in [-0.2, -0.15) is 5.26 Å². The SMILES string of the molecule is CCCCCS(=O)(=O)CCCOc1ccc(C#N)cc1. The van der Waals surface area contributed by atoms with E-state index in [-0.39, 0.29) is 11.5 Å². The van der Waals surface area contributed by atoms with E-state index in [1.54, 1.807) is 24.3 Å². The summed E-state index contributed by atoms with van der Waals surface area (Å²) >= 11 is 0. The van der Waals surface area contributed by atoms with Crippen LogP contribution in [0.15, 0.2) is 24.3 Å². The van der Waals surface area contributed by atoms with Crippen LogP contribution in [-0.4, -0.2) is 26.5 Å². The van der Waals surface area contributed by atoms with Crippen LogP contribution in [0, 0.1) is 11.3 Å². The zero-order valence-electron chi connectivity index (χ0n) is 11.8. The van der Waals surface area contributed by atoms with E-state index in [1.807, 2.05) is 6.07 Å². The smallest absolute Gasteiger partial charge is 0.150 e. The van der Waals surface area contributed by atoms with Crippen molar-refractivity contribution in [1.29, 1.82) is 5.26 Å². The third-order valence-corrected chi connectivity index (χ3v) is 4.73. The average Bonchev–Trinajstić information content (AvgIpc) is 2.44. The molecular formula is C15H21NO3S. The maximum absolute atomic E-state index is 11.7. The first-order valence-electron chi connectivity index (χ1n) is 6.91. The maximum atomic E-state index is 11.7. The molecule has 0 radical (unpaired) electrons. The summed E-state index contributed by atoms with van der Waals surface area (Å²) in [6, 6.07) is 8.82. The molecule has 0 fully saturated rings. The number of nitrogens with zero attached hydrogens (tertiary/aromatic N) is 1. The minimum atomic E-state index is -2.94. The van der Waals surface area contributed by atoms with Crippen LogP contribution in [0.1, 0.15) is 38.2 Å². The van der Waals surface area contributed by atoms with E-state index in [9.17, 15) is 8.42 Å². The number of sulfone groups is 1. The Morgan fingerprint density at radius 2 is 1.75 bits per heavy atom. The number of unbranched alkanes of at least 4 members (excludes halogenated alkanes) is 2. The molecule has 0 aromatic heterocycles. The fourth-order valence-corrected chi connectivity index (χ4v) is 3.17. The van der Waals surface area contributed by atoms with Crippen LogP contribution < -0.4 is 4.74 Å². The van der Waals surface area contributed by atoms with Gasteiger partial charge >= 0.3 is 0 Å². The van der Waals surface area contributed by atoms with Gasteiger partial charge in [0.2, 0.25) is 0 Å². The summed E-state index contributed by atoms with van der Waals surface area (Å²) in [5, 5.41) is 8.66. The molecule has 1 rings (SSSR count). The van der Waals surface area contributed by atoms with E-state index >= 15 is 0 Å². The summed E-state index contributed by atoms with van der Waals surface area (Å²) in [5.74, 6) is 1.11. The molecule has 0 saturated heterocycles. The molecule has 1 aromatic rings. The number of ether oxygens (including phenoxy) is 1. The number of nitriles is 1. The quantitative estimate of drug-likeness (QED) is 0.657. The Bertz CT molecular complexity index is 529. The lowest BCUT2D eigenvalue weighted by molar-refractivity contribution is 0.317. The second-order valence-electron chi connectivity index (χ2n) is 4.70.